The molecule has 4 nitrogen and oxygen atoms in total. The Labute approximate surface area is 161 Å². The van der Waals surface area contributed by atoms with Crippen LogP contribution in [0.5, 0.6) is 0 Å². The van der Waals surface area contributed by atoms with E-state index in [0.717, 1.165) is 22.6 Å². The molecule has 1 aromatic heterocycles. The van der Waals surface area contributed by atoms with Crippen molar-refractivity contribution in [1.82, 2.24) is 9.78 Å². The molecule has 1 aliphatic heterocycles. The number of nitrogens with zero attached hydrogens (tertiary/aromatic N) is 2. The zero-order valence-electron chi connectivity index (χ0n) is 14.4. The van der Waals surface area contributed by atoms with Gasteiger partial charge in [-0.05, 0) is 40.6 Å². The van der Waals surface area contributed by atoms with Crippen molar-refractivity contribution in [2.45, 2.75) is 12.3 Å². The Kier molecular flexibility index (Phi) is 3.73. The van der Waals surface area contributed by atoms with Gasteiger partial charge in [-0.15, -0.1) is 0 Å². The van der Waals surface area contributed by atoms with Crippen LogP contribution in [0.25, 0.3) is 16.5 Å². The molecular formula is C22H16ClN3O. The summed E-state index contributed by atoms with van der Waals surface area (Å²) in [5.41, 5.74) is 3.04. The predicted octanol–water partition coefficient (Wildman–Crippen LogP) is 5.15. The van der Waals surface area contributed by atoms with Gasteiger partial charge >= 0.3 is 0 Å². The number of hydrogen-bond donors (Lipinski definition) is 1. The van der Waals surface area contributed by atoms with E-state index in [9.17, 15) is 4.79 Å². The molecule has 0 aliphatic carbocycles. The Morgan fingerprint density at radius 2 is 1.74 bits per heavy atom. The monoisotopic (exact) mass is 373 g/mol. The van der Waals surface area contributed by atoms with E-state index in [1.165, 1.54) is 10.8 Å². The molecule has 0 saturated carbocycles. The van der Waals surface area contributed by atoms with Crippen molar-refractivity contribution in [3.8, 4) is 5.69 Å². The van der Waals surface area contributed by atoms with Gasteiger partial charge in [0.25, 0.3) is 0 Å². The fourth-order valence-electron chi connectivity index (χ4n) is 3.83. The molecule has 0 bridgehead atoms. The van der Waals surface area contributed by atoms with Crippen LogP contribution in [-0.2, 0) is 4.79 Å². The largest absolute Gasteiger partial charge is 0.310 e. The van der Waals surface area contributed by atoms with Gasteiger partial charge in [-0.1, -0.05) is 54.1 Å². The second-order valence-corrected chi connectivity index (χ2v) is 7.15. The summed E-state index contributed by atoms with van der Waals surface area (Å²) < 4.78 is 1.76. The van der Waals surface area contributed by atoms with Gasteiger partial charge in [0.2, 0.25) is 5.91 Å². The highest BCUT2D eigenvalue weighted by Crippen LogP contribution is 2.40. The predicted molar refractivity (Wildman–Crippen MR) is 108 cm³/mol. The maximum atomic E-state index is 12.5. The van der Waals surface area contributed by atoms with E-state index < -0.39 is 0 Å². The van der Waals surface area contributed by atoms with Gasteiger partial charge in [-0.25, -0.2) is 4.68 Å². The van der Waals surface area contributed by atoms with Crippen molar-refractivity contribution in [3.63, 3.8) is 0 Å². The van der Waals surface area contributed by atoms with Crippen LogP contribution in [0.3, 0.4) is 0 Å². The molecule has 3 aromatic carbocycles. The Hall–Kier alpha value is -3.11. The number of benzene rings is 3. The highest BCUT2D eigenvalue weighted by molar-refractivity contribution is 6.30. The lowest BCUT2D eigenvalue weighted by atomic mass is 9.84. The molecule has 1 N–H and O–H groups in total. The molecule has 0 spiro atoms. The molecule has 1 amide bonds. The zero-order valence-corrected chi connectivity index (χ0v) is 15.1. The number of carbonyl (C=O) groups excluding carboxylic acids is 1. The van der Waals surface area contributed by atoms with E-state index in [-0.39, 0.29) is 11.8 Å². The molecule has 0 fully saturated rings. The van der Waals surface area contributed by atoms with Crippen molar-refractivity contribution in [2.24, 2.45) is 0 Å². The lowest BCUT2D eigenvalue weighted by molar-refractivity contribution is -0.116. The number of aromatic nitrogens is 2. The molecule has 132 valence electrons. The number of hydrogen-bond acceptors (Lipinski definition) is 2. The number of amides is 1. The van der Waals surface area contributed by atoms with Crippen molar-refractivity contribution in [3.05, 3.63) is 89.1 Å². The van der Waals surface area contributed by atoms with E-state index in [1.54, 1.807) is 4.68 Å². The second-order valence-electron chi connectivity index (χ2n) is 6.71. The number of carbonyl (C=O) groups is 1. The highest BCUT2D eigenvalue weighted by Gasteiger charge is 2.31. The minimum Gasteiger partial charge on any atom is -0.310 e. The molecule has 1 atom stereocenters. The number of halogens is 1. The molecule has 27 heavy (non-hydrogen) atoms. The van der Waals surface area contributed by atoms with E-state index in [4.69, 9.17) is 11.6 Å². The van der Waals surface area contributed by atoms with Crippen LogP contribution in [0, 0.1) is 0 Å². The van der Waals surface area contributed by atoms with E-state index in [2.05, 4.69) is 34.7 Å². The first-order valence-electron chi connectivity index (χ1n) is 8.82. The summed E-state index contributed by atoms with van der Waals surface area (Å²) in [6.07, 6.45) is 2.27. The highest BCUT2D eigenvalue weighted by atomic mass is 35.5. The number of fused-ring (bicyclic) bond motifs is 2. The lowest BCUT2D eigenvalue weighted by Gasteiger charge is -2.25. The quantitative estimate of drug-likeness (QED) is 0.528. The summed E-state index contributed by atoms with van der Waals surface area (Å²) in [6.45, 7) is 0. The second kappa shape index (κ2) is 6.25. The number of rotatable bonds is 2. The molecule has 0 saturated heterocycles. The van der Waals surface area contributed by atoms with E-state index in [1.807, 2.05) is 48.7 Å². The van der Waals surface area contributed by atoms with Crippen molar-refractivity contribution in [1.29, 1.82) is 0 Å². The third-order valence-electron chi connectivity index (χ3n) is 5.09. The van der Waals surface area contributed by atoms with Crippen LogP contribution in [0.2, 0.25) is 5.02 Å². The van der Waals surface area contributed by atoms with Gasteiger partial charge < -0.3 is 5.32 Å². The lowest BCUT2D eigenvalue weighted by Crippen LogP contribution is -2.24. The summed E-state index contributed by atoms with van der Waals surface area (Å²) in [6, 6.07) is 21.9. The molecule has 2 heterocycles. The van der Waals surface area contributed by atoms with E-state index >= 15 is 0 Å². The molecular weight excluding hydrogens is 358 g/mol. The topological polar surface area (TPSA) is 46.9 Å². The Morgan fingerprint density at radius 1 is 0.963 bits per heavy atom. The SMILES string of the molecule is O=C1CC(c2cccc3ccccc23)c2cnn(-c3ccc(Cl)cc3)c2N1. The maximum absolute atomic E-state index is 12.5. The molecule has 5 rings (SSSR count). The van der Waals surface area contributed by atoms with Crippen LogP contribution >= 0.6 is 11.6 Å². The summed E-state index contributed by atoms with van der Waals surface area (Å²) in [5.74, 6) is 0.698. The van der Waals surface area contributed by atoms with Gasteiger partial charge in [0.1, 0.15) is 5.82 Å². The Balaban J connectivity index is 1.67. The van der Waals surface area contributed by atoms with Crippen LogP contribution in [0.4, 0.5) is 5.82 Å². The van der Waals surface area contributed by atoms with Gasteiger partial charge in [0.05, 0.1) is 11.9 Å². The molecule has 1 unspecified atom stereocenters. The zero-order chi connectivity index (χ0) is 18.4. The van der Waals surface area contributed by atoms with Crippen LogP contribution in [-0.4, -0.2) is 15.7 Å². The van der Waals surface area contributed by atoms with Crippen molar-refractivity contribution >= 4 is 34.1 Å². The minimum absolute atomic E-state index is 0.00357. The minimum atomic E-state index is -0.0269. The molecule has 4 aromatic rings. The first-order chi connectivity index (χ1) is 13.2. The van der Waals surface area contributed by atoms with Gasteiger partial charge in [0.15, 0.2) is 0 Å². The third kappa shape index (κ3) is 2.69. The fourth-order valence-corrected chi connectivity index (χ4v) is 3.96. The van der Waals surface area contributed by atoms with E-state index in [0.29, 0.717) is 11.4 Å². The van der Waals surface area contributed by atoms with Gasteiger partial charge in [-0.3, -0.25) is 4.79 Å². The van der Waals surface area contributed by atoms with Crippen LogP contribution in [0.15, 0.2) is 72.9 Å². The number of anilines is 1. The fraction of sp³-hybridized carbons (Fsp3) is 0.0909. The Bertz CT molecular complexity index is 1160. The molecule has 0 radical (unpaired) electrons. The third-order valence-corrected chi connectivity index (χ3v) is 5.34. The van der Waals surface area contributed by atoms with Crippen molar-refractivity contribution in [2.75, 3.05) is 5.32 Å². The Morgan fingerprint density at radius 3 is 2.59 bits per heavy atom. The number of nitrogens with one attached hydrogen (secondary N) is 1. The maximum Gasteiger partial charge on any atom is 0.226 e. The normalized spacial score (nSPS) is 16.2. The van der Waals surface area contributed by atoms with Crippen LogP contribution in [0.1, 0.15) is 23.5 Å². The average Bonchev–Trinajstić information content (AvgIpc) is 3.11. The summed E-state index contributed by atoms with van der Waals surface area (Å²) in [5, 5.41) is 10.6. The van der Waals surface area contributed by atoms with Gasteiger partial charge in [-0.2, -0.15) is 5.10 Å². The summed E-state index contributed by atoms with van der Waals surface area (Å²) >= 11 is 6.00. The summed E-state index contributed by atoms with van der Waals surface area (Å²) in [7, 11) is 0. The average molecular weight is 374 g/mol. The first-order valence-corrected chi connectivity index (χ1v) is 9.20. The summed E-state index contributed by atoms with van der Waals surface area (Å²) in [4.78, 5) is 12.5. The standard InChI is InChI=1S/C22H16ClN3O/c23-15-8-10-16(11-9-15)26-22-20(13-24-26)19(12-21(27)25-22)18-7-3-5-14-4-1-2-6-17(14)18/h1-11,13,19H,12H2,(H,25,27). The smallest absolute Gasteiger partial charge is 0.226 e. The van der Waals surface area contributed by atoms with Gasteiger partial charge in [0, 0.05) is 22.9 Å². The molecule has 5 heteroatoms. The van der Waals surface area contributed by atoms with Crippen LogP contribution < -0.4 is 5.32 Å². The molecule has 1 aliphatic rings. The first kappa shape index (κ1) is 16.1. The van der Waals surface area contributed by atoms with Crippen molar-refractivity contribution < 1.29 is 4.79 Å².